The minimum atomic E-state index is -0.368. The van der Waals surface area contributed by atoms with Crippen LogP contribution in [0.5, 0.6) is 5.75 Å². The number of hydrogen-bond acceptors (Lipinski definition) is 4. The topological polar surface area (TPSA) is 63.8 Å². The van der Waals surface area contributed by atoms with E-state index in [2.05, 4.69) is 10.5 Å². The summed E-state index contributed by atoms with van der Waals surface area (Å²) in [6.07, 6.45) is 1.44. The monoisotopic (exact) mass is 430 g/mol. The second-order valence-electron chi connectivity index (χ2n) is 6.68. The van der Waals surface area contributed by atoms with Crippen molar-refractivity contribution in [3.63, 3.8) is 0 Å². The van der Waals surface area contributed by atoms with Crippen LogP contribution in [0.25, 0.3) is 22.5 Å². The van der Waals surface area contributed by atoms with E-state index >= 15 is 0 Å². The fourth-order valence-electron chi connectivity index (χ4n) is 2.91. The number of rotatable bonds is 7. The molecule has 0 bridgehead atoms. The van der Waals surface area contributed by atoms with E-state index in [0.717, 1.165) is 16.7 Å². The Hall–Kier alpha value is -3.83. The number of nitrogens with zero attached hydrogens (tertiary/aromatic N) is 1. The number of ether oxygens (including phenoxy) is 1. The molecule has 4 aromatic rings. The summed E-state index contributed by atoms with van der Waals surface area (Å²) in [7, 11) is 0. The van der Waals surface area contributed by atoms with Gasteiger partial charge in [0, 0.05) is 10.6 Å². The molecule has 0 aliphatic rings. The van der Waals surface area contributed by atoms with Crippen molar-refractivity contribution in [3.05, 3.63) is 102 Å². The van der Waals surface area contributed by atoms with Crippen molar-refractivity contribution < 1.29 is 13.9 Å². The number of hydrogen-bond donors (Lipinski definition) is 1. The molecule has 1 N–H and O–H groups in total. The van der Waals surface area contributed by atoms with E-state index in [-0.39, 0.29) is 12.5 Å². The number of halogens is 1. The molecule has 0 saturated carbocycles. The zero-order valence-corrected chi connectivity index (χ0v) is 17.3. The number of benzene rings is 3. The number of amides is 1. The van der Waals surface area contributed by atoms with Gasteiger partial charge in [-0.25, -0.2) is 5.43 Å². The zero-order valence-electron chi connectivity index (χ0n) is 16.5. The smallest absolute Gasteiger partial charge is 0.277 e. The van der Waals surface area contributed by atoms with Gasteiger partial charge in [-0.3, -0.25) is 4.79 Å². The highest BCUT2D eigenvalue weighted by molar-refractivity contribution is 6.30. The Morgan fingerprint density at radius 1 is 0.871 bits per heavy atom. The van der Waals surface area contributed by atoms with Crippen molar-refractivity contribution >= 4 is 23.7 Å². The third-order valence-electron chi connectivity index (χ3n) is 4.47. The Kier molecular flexibility index (Phi) is 6.45. The number of carbonyl (C=O) groups excluding carboxylic acids is 1. The average molecular weight is 431 g/mol. The van der Waals surface area contributed by atoms with Gasteiger partial charge in [-0.1, -0.05) is 54.1 Å². The van der Waals surface area contributed by atoms with Crippen LogP contribution >= 0.6 is 11.6 Å². The summed E-state index contributed by atoms with van der Waals surface area (Å²) in [5.41, 5.74) is 5.53. The average Bonchev–Trinajstić information content (AvgIpc) is 3.28. The summed E-state index contributed by atoms with van der Waals surface area (Å²) in [5, 5.41) is 4.57. The lowest BCUT2D eigenvalue weighted by atomic mass is 10.1. The summed E-state index contributed by atoms with van der Waals surface area (Å²) in [6.45, 7) is -0.143. The van der Waals surface area contributed by atoms with Gasteiger partial charge >= 0.3 is 0 Å². The van der Waals surface area contributed by atoms with Crippen molar-refractivity contribution in [1.29, 1.82) is 0 Å². The number of nitrogens with one attached hydrogen (secondary N) is 1. The van der Waals surface area contributed by atoms with Crippen LogP contribution in [0.1, 0.15) is 5.76 Å². The third-order valence-corrected chi connectivity index (χ3v) is 4.72. The summed E-state index contributed by atoms with van der Waals surface area (Å²) in [5.74, 6) is 1.44. The van der Waals surface area contributed by atoms with E-state index in [0.29, 0.717) is 22.3 Å². The van der Waals surface area contributed by atoms with Gasteiger partial charge in [-0.15, -0.1) is 0 Å². The Morgan fingerprint density at radius 3 is 2.29 bits per heavy atom. The van der Waals surface area contributed by atoms with E-state index in [1.54, 1.807) is 18.2 Å². The van der Waals surface area contributed by atoms with E-state index in [1.807, 2.05) is 72.8 Å². The molecule has 154 valence electrons. The van der Waals surface area contributed by atoms with Crippen molar-refractivity contribution in [1.82, 2.24) is 5.43 Å². The standard InChI is InChI=1S/C25H19ClN2O3/c26-21-10-6-20(7-11-21)24-15-14-23(31-24)16-27-28-25(29)17-30-22-12-8-19(9-13-22)18-4-2-1-3-5-18/h1-16H,17H2,(H,28,29)/b27-16-. The van der Waals surface area contributed by atoms with Gasteiger partial charge in [0.2, 0.25) is 0 Å². The van der Waals surface area contributed by atoms with Gasteiger partial charge in [-0.05, 0) is 59.7 Å². The normalized spacial score (nSPS) is 10.9. The van der Waals surface area contributed by atoms with Crippen molar-refractivity contribution in [2.75, 3.05) is 6.61 Å². The number of furan rings is 1. The van der Waals surface area contributed by atoms with E-state index in [4.69, 9.17) is 20.8 Å². The highest BCUT2D eigenvalue weighted by atomic mass is 35.5. The fraction of sp³-hybridized carbons (Fsp3) is 0.0400. The second kappa shape index (κ2) is 9.78. The first-order valence-electron chi connectivity index (χ1n) is 9.63. The highest BCUT2D eigenvalue weighted by Gasteiger charge is 2.05. The SMILES string of the molecule is O=C(COc1ccc(-c2ccccc2)cc1)N/N=C\c1ccc(-c2ccc(Cl)cc2)o1. The van der Waals surface area contributed by atoms with Crippen molar-refractivity contribution in [2.45, 2.75) is 0 Å². The molecule has 6 heteroatoms. The lowest BCUT2D eigenvalue weighted by molar-refractivity contribution is -0.123. The van der Waals surface area contributed by atoms with E-state index in [1.165, 1.54) is 6.21 Å². The molecular weight excluding hydrogens is 412 g/mol. The van der Waals surface area contributed by atoms with E-state index < -0.39 is 0 Å². The number of hydrazone groups is 1. The molecule has 0 aliphatic carbocycles. The summed E-state index contributed by atoms with van der Waals surface area (Å²) in [6, 6.07) is 28.5. The van der Waals surface area contributed by atoms with Crippen LogP contribution in [0.3, 0.4) is 0 Å². The zero-order chi connectivity index (χ0) is 21.5. The van der Waals surface area contributed by atoms with Crippen molar-refractivity contribution in [3.8, 4) is 28.2 Å². The van der Waals surface area contributed by atoms with Gasteiger partial charge in [0.05, 0.1) is 6.21 Å². The molecule has 1 amide bonds. The molecule has 0 aliphatic heterocycles. The Bertz CT molecular complexity index is 1170. The van der Waals surface area contributed by atoms with Crippen molar-refractivity contribution in [2.24, 2.45) is 5.10 Å². The Labute approximate surface area is 184 Å². The second-order valence-corrected chi connectivity index (χ2v) is 7.12. The molecule has 0 saturated heterocycles. The summed E-state index contributed by atoms with van der Waals surface area (Å²) >= 11 is 5.90. The Morgan fingerprint density at radius 2 is 1.55 bits per heavy atom. The minimum absolute atomic E-state index is 0.143. The third kappa shape index (κ3) is 5.62. The van der Waals surface area contributed by atoms with Crippen LogP contribution in [0.2, 0.25) is 5.02 Å². The van der Waals surface area contributed by atoms with Gasteiger partial charge in [-0.2, -0.15) is 5.10 Å². The minimum Gasteiger partial charge on any atom is -0.484 e. The van der Waals surface area contributed by atoms with Crippen LogP contribution < -0.4 is 10.2 Å². The molecule has 0 atom stereocenters. The molecular formula is C25H19ClN2O3. The lowest BCUT2D eigenvalue weighted by Crippen LogP contribution is -2.24. The molecule has 5 nitrogen and oxygen atoms in total. The van der Waals surface area contributed by atoms with Crippen LogP contribution in [-0.4, -0.2) is 18.7 Å². The molecule has 0 fully saturated rings. The molecule has 3 aromatic carbocycles. The van der Waals surface area contributed by atoms with Crippen LogP contribution in [0, 0.1) is 0 Å². The summed E-state index contributed by atoms with van der Waals surface area (Å²) in [4.78, 5) is 12.0. The highest BCUT2D eigenvalue weighted by Crippen LogP contribution is 2.23. The molecule has 1 heterocycles. The largest absolute Gasteiger partial charge is 0.484 e. The Balaban J connectivity index is 1.26. The van der Waals surface area contributed by atoms with E-state index in [9.17, 15) is 4.79 Å². The molecule has 1 aromatic heterocycles. The lowest BCUT2D eigenvalue weighted by Gasteiger charge is -2.06. The molecule has 4 rings (SSSR count). The predicted octanol–water partition coefficient (Wildman–Crippen LogP) is 5.80. The number of carbonyl (C=O) groups is 1. The molecule has 0 unspecified atom stereocenters. The quantitative estimate of drug-likeness (QED) is 0.298. The first kappa shape index (κ1) is 20.4. The fourth-order valence-corrected chi connectivity index (χ4v) is 3.04. The predicted molar refractivity (Wildman–Crippen MR) is 122 cm³/mol. The maximum atomic E-state index is 12.0. The molecule has 0 spiro atoms. The summed E-state index contributed by atoms with van der Waals surface area (Å²) < 4.78 is 11.2. The van der Waals surface area contributed by atoms with Crippen LogP contribution in [0.4, 0.5) is 0 Å². The van der Waals surface area contributed by atoms with Crippen LogP contribution in [0.15, 0.2) is 101 Å². The van der Waals surface area contributed by atoms with Gasteiger partial charge in [0.15, 0.2) is 6.61 Å². The van der Waals surface area contributed by atoms with Gasteiger partial charge in [0.25, 0.3) is 5.91 Å². The first-order valence-corrected chi connectivity index (χ1v) is 10.0. The molecule has 0 radical (unpaired) electrons. The van der Waals surface area contributed by atoms with Gasteiger partial charge < -0.3 is 9.15 Å². The maximum Gasteiger partial charge on any atom is 0.277 e. The van der Waals surface area contributed by atoms with Gasteiger partial charge in [0.1, 0.15) is 17.3 Å². The van der Waals surface area contributed by atoms with Crippen LogP contribution in [-0.2, 0) is 4.79 Å². The first-order chi connectivity index (χ1) is 15.2. The molecule has 31 heavy (non-hydrogen) atoms. The maximum absolute atomic E-state index is 12.0.